The highest BCUT2D eigenvalue weighted by atomic mass is 35.5. The SMILES string of the molecule is COc1nc(-c2cccc(-c3cccc(-c4ccc(CNC[C@@H]5CCC(=O)C5)c(OC(F)F)c4)c3Cl)c2Cl)ccc1CCC[C@@H]1CCC(=O)N1. The van der Waals surface area contributed by atoms with E-state index in [4.69, 9.17) is 37.7 Å². The second-order valence-electron chi connectivity index (χ2n) is 12.9. The molecule has 50 heavy (non-hydrogen) atoms. The second kappa shape index (κ2) is 16.3. The number of carbonyl (C=O) groups is 2. The highest BCUT2D eigenvalue weighted by Crippen LogP contribution is 2.43. The van der Waals surface area contributed by atoms with E-state index in [1.54, 1.807) is 19.2 Å². The average Bonchev–Trinajstić information content (AvgIpc) is 3.72. The molecule has 0 spiro atoms. The van der Waals surface area contributed by atoms with Crippen LogP contribution in [0.15, 0.2) is 66.7 Å². The van der Waals surface area contributed by atoms with Crippen LogP contribution in [0.1, 0.15) is 56.1 Å². The topological polar surface area (TPSA) is 89.6 Å². The van der Waals surface area contributed by atoms with Gasteiger partial charge in [-0.15, -0.1) is 0 Å². The van der Waals surface area contributed by atoms with Crippen molar-refractivity contribution in [1.29, 1.82) is 0 Å². The van der Waals surface area contributed by atoms with Crippen LogP contribution >= 0.6 is 23.2 Å². The lowest BCUT2D eigenvalue weighted by atomic mass is 9.96. The summed E-state index contributed by atoms with van der Waals surface area (Å²) >= 11 is 14.1. The van der Waals surface area contributed by atoms with Gasteiger partial charge in [-0.05, 0) is 62.3 Å². The molecule has 2 atom stereocenters. The van der Waals surface area contributed by atoms with E-state index in [-0.39, 0.29) is 29.4 Å². The molecule has 4 aromatic rings. The van der Waals surface area contributed by atoms with Gasteiger partial charge in [-0.2, -0.15) is 8.78 Å². The summed E-state index contributed by atoms with van der Waals surface area (Å²) in [5, 5.41) is 7.17. The van der Waals surface area contributed by atoms with Gasteiger partial charge in [0.15, 0.2) is 0 Å². The van der Waals surface area contributed by atoms with Crippen molar-refractivity contribution in [1.82, 2.24) is 15.6 Å². The number of pyridine rings is 1. The molecule has 0 bridgehead atoms. The van der Waals surface area contributed by atoms with Gasteiger partial charge in [-0.3, -0.25) is 9.59 Å². The van der Waals surface area contributed by atoms with Crippen molar-refractivity contribution >= 4 is 34.9 Å². The maximum absolute atomic E-state index is 13.5. The maximum Gasteiger partial charge on any atom is 0.387 e. The van der Waals surface area contributed by atoms with Gasteiger partial charge >= 0.3 is 6.61 Å². The lowest BCUT2D eigenvalue weighted by Crippen LogP contribution is -2.25. The molecule has 1 aromatic heterocycles. The zero-order valence-corrected chi connectivity index (χ0v) is 29.3. The highest BCUT2D eigenvalue weighted by Gasteiger charge is 2.23. The van der Waals surface area contributed by atoms with Crippen LogP contribution in [0.5, 0.6) is 11.6 Å². The number of ether oxygens (including phenoxy) is 2. The molecule has 0 radical (unpaired) electrons. The zero-order valence-electron chi connectivity index (χ0n) is 27.7. The van der Waals surface area contributed by atoms with E-state index in [2.05, 4.69) is 10.6 Å². The molecular formula is C39H39Cl2F2N3O4. The average molecular weight is 723 g/mol. The van der Waals surface area contributed by atoms with Crippen LogP contribution in [0.2, 0.25) is 10.0 Å². The minimum Gasteiger partial charge on any atom is -0.481 e. The van der Waals surface area contributed by atoms with Gasteiger partial charge in [0.2, 0.25) is 11.8 Å². The summed E-state index contributed by atoms with van der Waals surface area (Å²) in [6.45, 7) is -2.05. The van der Waals surface area contributed by atoms with Crippen molar-refractivity contribution < 1.29 is 27.8 Å². The Kier molecular flexibility index (Phi) is 11.7. The first-order chi connectivity index (χ1) is 24.2. The van der Waals surface area contributed by atoms with E-state index >= 15 is 0 Å². The normalized spacial score (nSPS) is 17.4. The lowest BCUT2D eigenvalue weighted by Gasteiger charge is -2.17. The Morgan fingerprint density at radius 1 is 0.920 bits per heavy atom. The van der Waals surface area contributed by atoms with Crippen molar-refractivity contribution in [2.24, 2.45) is 5.92 Å². The second-order valence-corrected chi connectivity index (χ2v) is 13.6. The molecular weight excluding hydrogens is 683 g/mol. The fourth-order valence-corrected chi connectivity index (χ4v) is 7.53. The smallest absolute Gasteiger partial charge is 0.387 e. The number of nitrogens with zero attached hydrogens (tertiary/aromatic N) is 1. The fraction of sp³-hybridized carbons (Fsp3) is 0.359. The predicted molar refractivity (Wildman–Crippen MR) is 192 cm³/mol. The summed E-state index contributed by atoms with van der Waals surface area (Å²) in [6, 6.07) is 20.5. The molecule has 0 unspecified atom stereocenters. The Morgan fingerprint density at radius 3 is 2.32 bits per heavy atom. The van der Waals surface area contributed by atoms with Crippen LogP contribution in [0.4, 0.5) is 8.78 Å². The fourth-order valence-electron chi connectivity index (χ4n) is 6.87. The number of halogens is 4. The molecule has 11 heteroatoms. The number of benzene rings is 3. The number of aryl methyl sites for hydroxylation is 1. The third-order valence-corrected chi connectivity index (χ3v) is 10.3. The van der Waals surface area contributed by atoms with E-state index in [9.17, 15) is 18.4 Å². The quantitative estimate of drug-likeness (QED) is 0.135. The monoisotopic (exact) mass is 721 g/mol. The van der Waals surface area contributed by atoms with Gasteiger partial charge < -0.3 is 20.1 Å². The molecule has 2 aliphatic rings. The molecule has 2 heterocycles. The van der Waals surface area contributed by atoms with Crippen LogP contribution in [0, 0.1) is 5.92 Å². The summed E-state index contributed by atoms with van der Waals surface area (Å²) < 4.78 is 37.6. The van der Waals surface area contributed by atoms with Gasteiger partial charge in [0.25, 0.3) is 0 Å². The van der Waals surface area contributed by atoms with Gasteiger partial charge in [0.05, 0.1) is 22.8 Å². The highest BCUT2D eigenvalue weighted by molar-refractivity contribution is 6.39. The number of nitrogens with one attached hydrogen (secondary N) is 2. The number of carbonyl (C=O) groups excluding carboxylic acids is 2. The summed E-state index contributed by atoms with van der Waals surface area (Å²) in [6.07, 6.45) is 6.02. The first-order valence-electron chi connectivity index (χ1n) is 16.9. The van der Waals surface area contributed by atoms with E-state index in [0.29, 0.717) is 87.4 Å². The molecule has 7 nitrogen and oxygen atoms in total. The standard InChI is InChI=1S/C39H39Cl2F2N3O4/c1-49-38-24(5-2-6-27-15-18-35(48)45-27)14-17-33(46-38)32-10-4-9-31(37(32)41)30-8-3-7-29(36(30)40)25-12-13-26(34(20-25)50-39(42)43)22-44-21-23-11-16-28(47)19-23/h3-4,7-10,12-14,17,20,23,27,39,44H,2,5-6,11,15-16,18-19,21-22H2,1H3,(H,45,48)/t23-,27-/m1/s1. The van der Waals surface area contributed by atoms with Gasteiger partial charge in [0.1, 0.15) is 11.5 Å². The number of hydrogen-bond donors (Lipinski definition) is 2. The third kappa shape index (κ3) is 8.45. The van der Waals surface area contributed by atoms with Crippen molar-refractivity contribution in [3.05, 3.63) is 87.9 Å². The first-order valence-corrected chi connectivity index (χ1v) is 17.7. The minimum absolute atomic E-state index is 0.0581. The predicted octanol–water partition coefficient (Wildman–Crippen LogP) is 9.06. The minimum atomic E-state index is -3.00. The number of Topliss-reactive ketones (excluding diaryl/α,β-unsaturated/α-hetero) is 1. The number of hydrogen-bond acceptors (Lipinski definition) is 6. The number of methoxy groups -OCH3 is 1. The first kappa shape index (κ1) is 35.8. The van der Waals surface area contributed by atoms with Crippen molar-refractivity contribution in [3.8, 4) is 45.1 Å². The zero-order chi connectivity index (χ0) is 35.2. The Bertz CT molecular complexity index is 1870. The van der Waals surface area contributed by atoms with E-state index < -0.39 is 6.61 Å². The van der Waals surface area contributed by atoms with Crippen molar-refractivity contribution in [3.63, 3.8) is 0 Å². The van der Waals surface area contributed by atoms with Gasteiger partial charge in [0, 0.05) is 65.2 Å². The van der Waals surface area contributed by atoms with Crippen LogP contribution in [-0.4, -0.2) is 43.0 Å². The number of amides is 1. The van der Waals surface area contributed by atoms with Crippen LogP contribution < -0.4 is 20.1 Å². The molecule has 262 valence electrons. The summed E-state index contributed by atoms with van der Waals surface area (Å²) in [5.74, 6) is 1.22. The summed E-state index contributed by atoms with van der Waals surface area (Å²) in [4.78, 5) is 27.9. The van der Waals surface area contributed by atoms with E-state index in [0.717, 1.165) is 37.7 Å². The largest absolute Gasteiger partial charge is 0.481 e. The van der Waals surface area contributed by atoms with E-state index in [1.807, 2.05) is 54.6 Å². The van der Waals surface area contributed by atoms with Gasteiger partial charge in [-0.25, -0.2) is 4.98 Å². The molecule has 6 rings (SSSR count). The molecule has 1 saturated carbocycles. The number of alkyl halides is 2. The van der Waals surface area contributed by atoms with Gasteiger partial charge in [-0.1, -0.05) is 77.8 Å². The molecule has 1 saturated heterocycles. The van der Waals surface area contributed by atoms with Crippen LogP contribution in [0.25, 0.3) is 33.5 Å². The van der Waals surface area contributed by atoms with Crippen molar-refractivity contribution in [2.75, 3.05) is 13.7 Å². The Balaban J connectivity index is 1.22. The third-order valence-electron chi connectivity index (χ3n) is 9.47. The maximum atomic E-state index is 13.5. The lowest BCUT2D eigenvalue weighted by molar-refractivity contribution is -0.119. The Hall–Kier alpha value is -4.05. The number of rotatable bonds is 14. The molecule has 1 aliphatic heterocycles. The Labute approximate surface area is 300 Å². The number of ketones is 1. The summed E-state index contributed by atoms with van der Waals surface area (Å²) in [7, 11) is 1.59. The summed E-state index contributed by atoms with van der Waals surface area (Å²) in [5.41, 5.74) is 5.52. The van der Waals surface area contributed by atoms with Crippen LogP contribution in [-0.2, 0) is 22.6 Å². The molecule has 1 amide bonds. The molecule has 3 aromatic carbocycles. The molecule has 1 aliphatic carbocycles. The van der Waals surface area contributed by atoms with E-state index in [1.165, 1.54) is 0 Å². The molecule has 2 N–H and O–H groups in total. The molecule has 2 fully saturated rings. The number of aromatic nitrogens is 1. The van der Waals surface area contributed by atoms with Crippen molar-refractivity contribution in [2.45, 2.75) is 70.6 Å². The van der Waals surface area contributed by atoms with Crippen LogP contribution in [0.3, 0.4) is 0 Å². The Morgan fingerprint density at radius 2 is 1.64 bits per heavy atom.